The van der Waals surface area contributed by atoms with Crippen molar-refractivity contribution in [1.29, 1.82) is 0 Å². The number of carbonyl (C=O) groups is 1. The van der Waals surface area contributed by atoms with Crippen LogP contribution in [0.4, 0.5) is 17.3 Å². The summed E-state index contributed by atoms with van der Waals surface area (Å²) in [4.78, 5) is 21.9. The number of nitrogens with zero attached hydrogens (tertiary/aromatic N) is 2. The monoisotopic (exact) mass is 410 g/mol. The molecule has 6 heteroatoms. The van der Waals surface area contributed by atoms with E-state index in [2.05, 4.69) is 20.6 Å². The van der Waals surface area contributed by atoms with E-state index in [1.807, 2.05) is 86.6 Å². The van der Waals surface area contributed by atoms with E-state index < -0.39 is 0 Å². The Morgan fingerprint density at radius 3 is 2.13 bits per heavy atom. The van der Waals surface area contributed by atoms with E-state index in [0.717, 1.165) is 11.4 Å². The van der Waals surface area contributed by atoms with Gasteiger partial charge in [-0.2, -0.15) is 0 Å². The van der Waals surface area contributed by atoms with Crippen molar-refractivity contribution in [2.75, 3.05) is 10.6 Å². The van der Waals surface area contributed by atoms with Crippen molar-refractivity contribution in [3.05, 3.63) is 102 Å². The zero-order chi connectivity index (χ0) is 21.6. The molecule has 1 heterocycles. The molecule has 6 nitrogen and oxygen atoms in total. The van der Waals surface area contributed by atoms with Crippen molar-refractivity contribution < 1.29 is 9.53 Å². The van der Waals surface area contributed by atoms with E-state index in [1.54, 1.807) is 12.1 Å². The molecular formula is C25H22N4O2. The molecule has 31 heavy (non-hydrogen) atoms. The molecule has 0 spiro atoms. The number of aromatic nitrogens is 2. The molecule has 0 fully saturated rings. The number of para-hydroxylation sites is 4. The predicted molar refractivity (Wildman–Crippen MR) is 122 cm³/mol. The quantitative estimate of drug-likeness (QED) is 0.415. The maximum absolute atomic E-state index is 13.1. The van der Waals surface area contributed by atoms with E-state index in [4.69, 9.17) is 4.74 Å². The molecule has 0 saturated carbocycles. The Balaban J connectivity index is 1.58. The minimum Gasteiger partial charge on any atom is -0.455 e. The van der Waals surface area contributed by atoms with E-state index >= 15 is 0 Å². The Morgan fingerprint density at radius 1 is 0.774 bits per heavy atom. The van der Waals surface area contributed by atoms with Gasteiger partial charge in [-0.05, 0) is 56.3 Å². The number of carbonyl (C=O) groups excluding carboxylic acids is 1. The van der Waals surface area contributed by atoms with Crippen LogP contribution in [0.3, 0.4) is 0 Å². The van der Waals surface area contributed by atoms with Crippen LogP contribution in [0.2, 0.25) is 0 Å². The predicted octanol–water partition coefficient (Wildman–Crippen LogP) is 5.88. The van der Waals surface area contributed by atoms with Gasteiger partial charge in [-0.1, -0.05) is 42.5 Å². The Labute approximate surface area is 181 Å². The van der Waals surface area contributed by atoms with Gasteiger partial charge in [-0.25, -0.2) is 9.97 Å². The van der Waals surface area contributed by atoms with Gasteiger partial charge in [0.2, 0.25) is 5.95 Å². The van der Waals surface area contributed by atoms with Crippen molar-refractivity contribution >= 4 is 23.2 Å². The second-order valence-electron chi connectivity index (χ2n) is 7.01. The smallest absolute Gasteiger partial charge is 0.257 e. The summed E-state index contributed by atoms with van der Waals surface area (Å²) in [7, 11) is 0. The van der Waals surface area contributed by atoms with Gasteiger partial charge in [0.05, 0.1) is 16.9 Å². The number of nitrogens with one attached hydrogen (secondary N) is 2. The molecule has 0 unspecified atom stereocenters. The highest BCUT2D eigenvalue weighted by atomic mass is 16.5. The third-order valence-corrected chi connectivity index (χ3v) is 4.51. The summed E-state index contributed by atoms with van der Waals surface area (Å²) in [5, 5.41) is 6.11. The first-order chi connectivity index (χ1) is 15.1. The fraction of sp³-hybridized carbons (Fsp3) is 0.0800. The lowest BCUT2D eigenvalue weighted by Gasteiger charge is -2.14. The molecule has 0 aliphatic rings. The van der Waals surface area contributed by atoms with Gasteiger partial charge in [0.25, 0.3) is 5.91 Å². The number of aryl methyl sites for hydroxylation is 2. The molecule has 0 aliphatic carbocycles. The van der Waals surface area contributed by atoms with Crippen molar-refractivity contribution in [2.24, 2.45) is 0 Å². The second kappa shape index (κ2) is 9.09. The number of benzene rings is 3. The van der Waals surface area contributed by atoms with Crippen LogP contribution in [0.15, 0.2) is 84.9 Å². The molecule has 4 aromatic rings. The Morgan fingerprint density at radius 2 is 1.39 bits per heavy atom. The molecule has 0 saturated heterocycles. The minimum atomic E-state index is -0.267. The molecule has 3 aromatic carbocycles. The molecular weight excluding hydrogens is 388 g/mol. The molecule has 0 bridgehead atoms. The van der Waals surface area contributed by atoms with Gasteiger partial charge in [0.1, 0.15) is 5.75 Å². The summed E-state index contributed by atoms with van der Waals surface area (Å²) in [6.45, 7) is 3.81. The van der Waals surface area contributed by atoms with Crippen molar-refractivity contribution in [1.82, 2.24) is 9.97 Å². The lowest BCUT2D eigenvalue weighted by atomic mass is 10.1. The highest BCUT2D eigenvalue weighted by Gasteiger charge is 2.15. The van der Waals surface area contributed by atoms with Gasteiger partial charge in [0.15, 0.2) is 5.75 Å². The third kappa shape index (κ3) is 5.05. The molecule has 1 amide bonds. The average molecular weight is 410 g/mol. The molecule has 154 valence electrons. The van der Waals surface area contributed by atoms with Gasteiger partial charge in [0, 0.05) is 11.4 Å². The fourth-order valence-corrected chi connectivity index (χ4v) is 3.16. The van der Waals surface area contributed by atoms with E-state index in [1.165, 1.54) is 0 Å². The van der Waals surface area contributed by atoms with Gasteiger partial charge < -0.3 is 15.4 Å². The highest BCUT2D eigenvalue weighted by Crippen LogP contribution is 2.30. The Kier molecular flexibility index (Phi) is 5.89. The minimum absolute atomic E-state index is 0.267. The van der Waals surface area contributed by atoms with Crippen LogP contribution in [0, 0.1) is 13.8 Å². The Bertz CT molecular complexity index is 1190. The second-order valence-corrected chi connectivity index (χ2v) is 7.01. The SMILES string of the molecule is Cc1cc(C)nc(Nc2ccccc2C(=O)Nc2ccccc2Oc2ccccc2)n1. The molecule has 0 aliphatic heterocycles. The molecule has 0 atom stereocenters. The summed E-state index contributed by atoms with van der Waals surface area (Å²) < 4.78 is 5.95. The van der Waals surface area contributed by atoms with Crippen LogP contribution in [0.5, 0.6) is 11.5 Å². The van der Waals surface area contributed by atoms with Crippen LogP contribution >= 0.6 is 0 Å². The van der Waals surface area contributed by atoms with Crippen LogP contribution in [0.25, 0.3) is 0 Å². The normalized spacial score (nSPS) is 10.4. The van der Waals surface area contributed by atoms with E-state index in [9.17, 15) is 4.79 Å². The summed E-state index contributed by atoms with van der Waals surface area (Å²) >= 11 is 0. The number of ether oxygens (including phenoxy) is 1. The molecule has 0 radical (unpaired) electrons. The number of hydrogen-bond acceptors (Lipinski definition) is 5. The van der Waals surface area contributed by atoms with Crippen LogP contribution in [-0.4, -0.2) is 15.9 Å². The first-order valence-corrected chi connectivity index (χ1v) is 9.90. The standard InChI is InChI=1S/C25H22N4O2/c1-17-16-18(2)27-25(26-17)29-21-13-7-6-12-20(21)24(30)28-22-14-8-9-15-23(22)31-19-10-4-3-5-11-19/h3-16H,1-2H3,(H,28,30)(H,26,27,29). The maximum atomic E-state index is 13.1. The highest BCUT2D eigenvalue weighted by molar-refractivity contribution is 6.09. The lowest BCUT2D eigenvalue weighted by molar-refractivity contribution is 0.102. The summed E-state index contributed by atoms with van der Waals surface area (Å²) in [5.74, 6) is 1.44. The number of amides is 1. The number of hydrogen-bond donors (Lipinski definition) is 2. The topological polar surface area (TPSA) is 76.1 Å². The van der Waals surface area contributed by atoms with Crippen LogP contribution in [0.1, 0.15) is 21.7 Å². The largest absolute Gasteiger partial charge is 0.455 e. The zero-order valence-corrected chi connectivity index (χ0v) is 17.3. The third-order valence-electron chi connectivity index (χ3n) is 4.51. The fourth-order valence-electron chi connectivity index (χ4n) is 3.16. The van der Waals surface area contributed by atoms with Crippen LogP contribution < -0.4 is 15.4 Å². The molecule has 2 N–H and O–H groups in total. The molecule has 4 rings (SSSR count). The van der Waals surface area contributed by atoms with Crippen molar-refractivity contribution in [2.45, 2.75) is 13.8 Å². The van der Waals surface area contributed by atoms with Crippen molar-refractivity contribution in [3.63, 3.8) is 0 Å². The Hall–Kier alpha value is -4.19. The van der Waals surface area contributed by atoms with Gasteiger partial charge in [-0.15, -0.1) is 0 Å². The summed E-state index contributed by atoms with van der Waals surface area (Å²) in [6.07, 6.45) is 0. The van der Waals surface area contributed by atoms with E-state index in [0.29, 0.717) is 34.4 Å². The number of rotatable bonds is 6. The number of anilines is 3. The zero-order valence-electron chi connectivity index (χ0n) is 17.3. The summed E-state index contributed by atoms with van der Waals surface area (Å²) in [5.41, 5.74) is 3.37. The van der Waals surface area contributed by atoms with Crippen LogP contribution in [-0.2, 0) is 0 Å². The molecule has 1 aromatic heterocycles. The first kappa shape index (κ1) is 20.1. The first-order valence-electron chi connectivity index (χ1n) is 9.90. The van der Waals surface area contributed by atoms with Gasteiger partial charge >= 0.3 is 0 Å². The average Bonchev–Trinajstić information content (AvgIpc) is 2.75. The lowest BCUT2D eigenvalue weighted by Crippen LogP contribution is -2.15. The van der Waals surface area contributed by atoms with Gasteiger partial charge in [-0.3, -0.25) is 4.79 Å². The maximum Gasteiger partial charge on any atom is 0.257 e. The van der Waals surface area contributed by atoms with Crippen molar-refractivity contribution in [3.8, 4) is 11.5 Å². The van der Waals surface area contributed by atoms with E-state index in [-0.39, 0.29) is 5.91 Å². The summed E-state index contributed by atoms with van der Waals surface area (Å²) in [6, 6.07) is 25.9.